The zero-order valence-electron chi connectivity index (χ0n) is 8.18. The third-order valence-electron chi connectivity index (χ3n) is 2.33. The number of benzene rings is 2. The molecule has 0 amide bonds. The molecule has 4 nitrogen and oxygen atoms in total. The molecule has 6 heteroatoms. The number of aromatic carboxylic acids is 2. The summed E-state index contributed by atoms with van der Waals surface area (Å²) in [4.78, 5) is 21.5. The fraction of sp³-hybridized carbons (Fsp3) is 0. The molecule has 0 unspecified atom stereocenters. The topological polar surface area (TPSA) is 74.6 Å². The first-order valence-corrected chi connectivity index (χ1v) is 4.58. The maximum atomic E-state index is 10.7. The van der Waals surface area contributed by atoms with Crippen molar-refractivity contribution in [3.05, 3.63) is 47.5 Å². The van der Waals surface area contributed by atoms with Gasteiger partial charge in [-0.25, -0.2) is 9.59 Å². The van der Waals surface area contributed by atoms with E-state index in [1.807, 2.05) is 0 Å². The van der Waals surface area contributed by atoms with Crippen LogP contribution in [0.3, 0.4) is 0 Å². The average molecular weight is 232 g/mol. The van der Waals surface area contributed by atoms with Crippen molar-refractivity contribution >= 4 is 60.4 Å². The molecular formula is C12H10Li2O4. The van der Waals surface area contributed by atoms with Crippen molar-refractivity contribution in [2.75, 3.05) is 0 Å². The molecule has 0 aliphatic carbocycles. The van der Waals surface area contributed by atoms with E-state index in [1.54, 1.807) is 12.1 Å². The zero-order valence-corrected chi connectivity index (χ0v) is 8.18. The summed E-state index contributed by atoms with van der Waals surface area (Å²) in [6.07, 6.45) is 0. The van der Waals surface area contributed by atoms with Crippen molar-refractivity contribution in [1.82, 2.24) is 0 Å². The average Bonchev–Trinajstić information content (AvgIpc) is 2.27. The van der Waals surface area contributed by atoms with Gasteiger partial charge in [0, 0.05) is 0 Å². The maximum absolute atomic E-state index is 10.7. The summed E-state index contributed by atoms with van der Waals surface area (Å²) >= 11 is 0. The molecule has 0 aliphatic heterocycles. The third-order valence-corrected chi connectivity index (χ3v) is 2.33. The number of hydrogen-bond acceptors (Lipinski definition) is 2. The number of carboxylic acid groups (broad SMARTS) is 2. The number of carbonyl (C=O) groups is 2. The van der Waals surface area contributed by atoms with Gasteiger partial charge in [0.1, 0.15) is 0 Å². The molecule has 0 saturated carbocycles. The molecule has 2 rings (SSSR count). The van der Waals surface area contributed by atoms with Gasteiger partial charge in [-0.05, 0) is 35.0 Å². The van der Waals surface area contributed by atoms with Gasteiger partial charge < -0.3 is 10.2 Å². The van der Waals surface area contributed by atoms with Gasteiger partial charge in [0.15, 0.2) is 0 Å². The summed E-state index contributed by atoms with van der Waals surface area (Å²) < 4.78 is 0. The monoisotopic (exact) mass is 232 g/mol. The molecule has 0 aliphatic rings. The van der Waals surface area contributed by atoms with Crippen LogP contribution in [0.1, 0.15) is 20.7 Å². The number of fused-ring (bicyclic) bond motifs is 1. The van der Waals surface area contributed by atoms with Gasteiger partial charge in [-0.15, -0.1) is 0 Å². The Balaban J connectivity index is 0.00000144. The van der Waals surface area contributed by atoms with Gasteiger partial charge in [-0.3, -0.25) is 0 Å². The first-order chi connectivity index (χ1) is 7.58. The Morgan fingerprint density at radius 3 is 1.33 bits per heavy atom. The van der Waals surface area contributed by atoms with Crippen molar-refractivity contribution in [1.29, 1.82) is 0 Å². The SMILES string of the molecule is O=C(O)c1ccc2cc(C(=O)O)ccc2c1.[LiH].[LiH]. The van der Waals surface area contributed by atoms with Crippen LogP contribution in [0.15, 0.2) is 36.4 Å². The quantitative estimate of drug-likeness (QED) is 0.755. The van der Waals surface area contributed by atoms with Gasteiger partial charge in [0.2, 0.25) is 0 Å². The van der Waals surface area contributed by atoms with Gasteiger partial charge in [-0.1, -0.05) is 12.1 Å². The number of hydrogen-bond donors (Lipinski definition) is 2. The molecule has 0 bridgehead atoms. The predicted octanol–water partition coefficient (Wildman–Crippen LogP) is 0.939. The van der Waals surface area contributed by atoms with E-state index in [4.69, 9.17) is 10.2 Å². The molecule has 0 radical (unpaired) electrons. The summed E-state index contributed by atoms with van der Waals surface area (Å²) in [7, 11) is 0. The molecule has 0 fully saturated rings. The van der Waals surface area contributed by atoms with Crippen LogP contribution in [0.4, 0.5) is 0 Å². The Bertz CT molecular complexity index is 542. The van der Waals surface area contributed by atoms with Crippen molar-refractivity contribution in [2.45, 2.75) is 0 Å². The van der Waals surface area contributed by atoms with E-state index < -0.39 is 11.9 Å². The van der Waals surface area contributed by atoms with Crippen LogP contribution < -0.4 is 0 Å². The van der Waals surface area contributed by atoms with Crippen molar-refractivity contribution in [2.24, 2.45) is 0 Å². The Morgan fingerprint density at radius 2 is 1.06 bits per heavy atom. The van der Waals surface area contributed by atoms with E-state index in [0.29, 0.717) is 10.8 Å². The van der Waals surface area contributed by atoms with Crippen LogP contribution in [-0.2, 0) is 0 Å². The first kappa shape index (κ1) is 16.8. The van der Waals surface area contributed by atoms with Crippen LogP contribution in [0.25, 0.3) is 10.8 Å². The second kappa shape index (κ2) is 6.68. The summed E-state index contributed by atoms with van der Waals surface area (Å²) in [5.74, 6) is -1.99. The van der Waals surface area contributed by atoms with E-state index in [-0.39, 0.29) is 48.8 Å². The molecule has 0 heterocycles. The number of rotatable bonds is 2. The zero-order chi connectivity index (χ0) is 11.7. The fourth-order valence-electron chi connectivity index (χ4n) is 1.51. The summed E-state index contributed by atoms with van der Waals surface area (Å²) in [6, 6.07) is 9.15. The predicted molar refractivity (Wildman–Crippen MR) is 72.2 cm³/mol. The van der Waals surface area contributed by atoms with E-state index in [1.165, 1.54) is 24.3 Å². The van der Waals surface area contributed by atoms with Crippen molar-refractivity contribution in [3.63, 3.8) is 0 Å². The molecule has 18 heavy (non-hydrogen) atoms. The Hall–Kier alpha value is -1.17. The van der Waals surface area contributed by atoms with Crippen molar-refractivity contribution in [3.8, 4) is 0 Å². The molecule has 0 atom stereocenters. The van der Waals surface area contributed by atoms with Crippen LogP contribution in [0, 0.1) is 0 Å². The molecule has 2 N–H and O–H groups in total. The standard InChI is InChI=1S/C12H8O4.2Li.2H/c13-11(14)9-3-1-7-5-10(12(15)16)4-2-8(7)6-9;;;;/h1-6H,(H,13,14)(H,15,16);;;;. The summed E-state index contributed by atoms with van der Waals surface area (Å²) in [5, 5.41) is 19.0. The molecule has 0 aromatic heterocycles. The van der Waals surface area contributed by atoms with Gasteiger partial charge in [0.05, 0.1) is 11.1 Å². The minimum absolute atomic E-state index is 0. The molecule has 0 saturated heterocycles. The van der Waals surface area contributed by atoms with Crippen LogP contribution >= 0.6 is 0 Å². The summed E-state index contributed by atoms with van der Waals surface area (Å²) in [6.45, 7) is 0. The van der Waals surface area contributed by atoms with E-state index in [9.17, 15) is 9.59 Å². The van der Waals surface area contributed by atoms with Gasteiger partial charge in [-0.2, -0.15) is 0 Å². The van der Waals surface area contributed by atoms with E-state index in [0.717, 1.165) is 0 Å². The Morgan fingerprint density at radius 1 is 0.722 bits per heavy atom. The van der Waals surface area contributed by atoms with Gasteiger partial charge >= 0.3 is 49.7 Å². The van der Waals surface area contributed by atoms with Crippen LogP contribution in [-0.4, -0.2) is 59.9 Å². The molecule has 2 aromatic rings. The molecule has 84 valence electrons. The van der Waals surface area contributed by atoms with Crippen LogP contribution in [0.5, 0.6) is 0 Å². The van der Waals surface area contributed by atoms with Crippen LogP contribution in [0.2, 0.25) is 0 Å². The third kappa shape index (κ3) is 3.42. The van der Waals surface area contributed by atoms with E-state index >= 15 is 0 Å². The van der Waals surface area contributed by atoms with Gasteiger partial charge in [0.25, 0.3) is 0 Å². The number of carboxylic acids is 2. The van der Waals surface area contributed by atoms with Crippen molar-refractivity contribution < 1.29 is 19.8 Å². The normalized spacial score (nSPS) is 9.11. The second-order valence-electron chi connectivity index (χ2n) is 3.39. The molecule has 0 spiro atoms. The summed E-state index contributed by atoms with van der Waals surface area (Å²) in [5.41, 5.74) is 0.381. The second-order valence-corrected chi connectivity index (χ2v) is 3.39. The first-order valence-electron chi connectivity index (χ1n) is 4.58. The minimum atomic E-state index is -0.996. The Labute approximate surface area is 127 Å². The van der Waals surface area contributed by atoms with E-state index in [2.05, 4.69) is 0 Å². The molecule has 2 aromatic carbocycles. The Kier molecular flexibility index (Phi) is 6.25. The fourth-order valence-corrected chi connectivity index (χ4v) is 1.51. The molecular weight excluding hydrogens is 222 g/mol.